The molecule has 13 unspecified atom stereocenters. The van der Waals surface area contributed by atoms with Crippen LogP contribution in [0.3, 0.4) is 0 Å². The number of fused-ring (bicyclic) bond motifs is 10. The standard InChI is InChI=1S/C57H57N3O21/c61-15-4-13-55-46(68)48(70)57(75,76)53(80-55,50(71)72)11-3-12-54(51(73)79-55)52(74)10-2-6-26-8-14-58-35(26)22-31-21-33(30-19-34-27-5-1-7-32(18-27)60-49(34)59-25-30)41-40(78-56(31,81-54)47(69)45(52)67)24-39-42(44(41)66)36(63)23-38(77-39)29-17-28(9-16-62)43(65)37(64)20-29/h8,14,17,19-21,23-25,27,32-33,45-49,58-62,64-70,74-76H,1,4-5,7,9-10,12-13,15-16,18,22H2,(H,71,72). The van der Waals surface area contributed by atoms with Gasteiger partial charge in [0.15, 0.2) is 29.1 Å². The molecule has 4 fully saturated rings. The third kappa shape index (κ3) is 7.89. The molecule has 2 aliphatic carbocycles. The summed E-state index contributed by atoms with van der Waals surface area (Å²) in [5, 5.41) is 156. The van der Waals surface area contributed by atoms with Crippen LogP contribution in [-0.2, 0) is 36.6 Å². The Kier molecular flexibility index (Phi) is 12.9. The van der Waals surface area contributed by atoms with E-state index in [1.54, 1.807) is 18.5 Å². The van der Waals surface area contributed by atoms with Gasteiger partial charge in [-0.2, -0.15) is 0 Å². The van der Waals surface area contributed by atoms with Gasteiger partial charge in [-0.05, 0) is 73.3 Å². The molecule has 2 aromatic carbocycles. The average molecular weight is 1120 g/mol. The number of aromatic amines is 1. The summed E-state index contributed by atoms with van der Waals surface area (Å²) in [4.78, 5) is 46.8. The smallest absolute Gasteiger partial charge is 0.354 e. The number of H-pyrrole nitrogens is 1. The van der Waals surface area contributed by atoms with Crippen molar-refractivity contribution < 1.29 is 99.3 Å². The van der Waals surface area contributed by atoms with Crippen LogP contribution >= 0.6 is 0 Å². The summed E-state index contributed by atoms with van der Waals surface area (Å²) in [5.74, 6) is -7.87. The molecule has 81 heavy (non-hydrogen) atoms. The highest BCUT2D eigenvalue weighted by Gasteiger charge is 2.78. The third-order valence-electron chi connectivity index (χ3n) is 17.4. The summed E-state index contributed by atoms with van der Waals surface area (Å²) < 4.78 is 32.0. The number of carboxylic acid groups (broad SMARTS) is 1. The topological polar surface area (TPSA) is 404 Å². The van der Waals surface area contributed by atoms with Crippen molar-refractivity contribution in [1.82, 2.24) is 15.6 Å². The maximum Gasteiger partial charge on any atom is 0.354 e. The fourth-order valence-corrected chi connectivity index (χ4v) is 13.1. The van der Waals surface area contributed by atoms with Gasteiger partial charge in [0.2, 0.25) is 17.2 Å². The molecule has 2 spiro atoms. The second-order valence-corrected chi connectivity index (χ2v) is 22.0. The van der Waals surface area contributed by atoms with Crippen molar-refractivity contribution in [2.75, 3.05) is 13.2 Å². The highest BCUT2D eigenvalue weighted by atomic mass is 16.8. The number of carboxylic acids is 1. The van der Waals surface area contributed by atoms with Crippen LogP contribution in [0.25, 0.3) is 22.3 Å². The molecule has 4 aromatic rings. The predicted octanol–water partition coefficient (Wildman–Crippen LogP) is -0.665. The minimum atomic E-state index is -3.98. The number of phenols is 3. The van der Waals surface area contributed by atoms with E-state index in [2.05, 4.69) is 39.3 Å². The lowest BCUT2D eigenvalue weighted by Gasteiger charge is -2.58. The molecule has 13 atom stereocenters. The molecule has 9 aliphatic rings. The van der Waals surface area contributed by atoms with Crippen LogP contribution in [-0.4, -0.2) is 167 Å². The molecule has 0 radical (unpaired) electrons. The van der Waals surface area contributed by atoms with Crippen molar-refractivity contribution in [3.8, 4) is 58.0 Å². The molecule has 9 heterocycles. The summed E-state index contributed by atoms with van der Waals surface area (Å²) in [7, 11) is 0. The zero-order chi connectivity index (χ0) is 57.3. The summed E-state index contributed by atoms with van der Waals surface area (Å²) in [6, 6.07) is 6.50. The zero-order valence-electron chi connectivity index (χ0n) is 42.9. The van der Waals surface area contributed by atoms with Crippen LogP contribution < -0.4 is 20.8 Å². The van der Waals surface area contributed by atoms with Gasteiger partial charge in [-0.25, -0.2) is 9.59 Å². The molecule has 7 aliphatic heterocycles. The first-order valence-corrected chi connectivity index (χ1v) is 26.4. The molecule has 1 saturated carbocycles. The maximum atomic E-state index is 15.8. The third-order valence-corrected chi connectivity index (χ3v) is 17.4. The minimum Gasteiger partial charge on any atom is -0.507 e. The average Bonchev–Trinajstić information content (AvgIpc) is 2.34. The molecule has 16 N–H and O–H groups in total. The predicted molar refractivity (Wildman–Crippen MR) is 275 cm³/mol. The number of aromatic nitrogens is 1. The first kappa shape index (κ1) is 54.3. The number of allylic oxidation sites excluding steroid dienone is 3. The fourth-order valence-electron chi connectivity index (χ4n) is 13.1. The summed E-state index contributed by atoms with van der Waals surface area (Å²) in [6.07, 6.45) is -4.99. The maximum absolute atomic E-state index is 15.8. The zero-order valence-corrected chi connectivity index (χ0v) is 42.9. The number of benzene rings is 2. The van der Waals surface area contributed by atoms with E-state index in [0.29, 0.717) is 16.8 Å². The number of hydrogen-bond donors (Lipinski definition) is 16. The number of carbonyl (C=O) groups excluding carboxylic acids is 1. The lowest BCUT2D eigenvalue weighted by Crippen LogP contribution is -2.81. The number of rotatable bonds is 8. The Morgan fingerprint density at radius 3 is 2.44 bits per heavy atom. The van der Waals surface area contributed by atoms with Crippen molar-refractivity contribution in [3.05, 3.63) is 104 Å². The molecule has 24 heteroatoms. The van der Waals surface area contributed by atoms with Gasteiger partial charge >= 0.3 is 11.9 Å². The van der Waals surface area contributed by atoms with E-state index < -0.39 is 149 Å². The molecular weight excluding hydrogens is 1060 g/mol. The molecule has 0 amide bonds. The van der Waals surface area contributed by atoms with E-state index in [1.807, 2.05) is 6.08 Å². The number of nitrogens with one attached hydrogen (secondary N) is 3. The van der Waals surface area contributed by atoms with E-state index >= 15 is 4.79 Å². The molecule has 13 rings (SSSR count). The van der Waals surface area contributed by atoms with Gasteiger partial charge in [0.25, 0.3) is 11.4 Å². The summed E-state index contributed by atoms with van der Waals surface area (Å²) in [5.41, 5.74) is -9.56. The largest absolute Gasteiger partial charge is 0.507 e. The van der Waals surface area contributed by atoms with Crippen LogP contribution in [0.15, 0.2) is 80.8 Å². The number of aromatic hydroxyl groups is 3. The number of dihydropyridines is 1. The van der Waals surface area contributed by atoms with Crippen molar-refractivity contribution in [2.45, 2.75) is 141 Å². The first-order valence-electron chi connectivity index (χ1n) is 26.4. The number of aliphatic hydroxyl groups excluding tert-OH is 6. The van der Waals surface area contributed by atoms with Crippen LogP contribution in [0.4, 0.5) is 0 Å². The van der Waals surface area contributed by atoms with E-state index in [4.69, 9.17) is 23.4 Å². The Labute approximate surface area is 458 Å². The number of piperidine rings is 1. The lowest BCUT2D eigenvalue weighted by molar-refractivity contribution is -0.432. The van der Waals surface area contributed by atoms with E-state index in [-0.39, 0.29) is 64.6 Å². The van der Waals surface area contributed by atoms with Gasteiger partial charge in [-0.15, -0.1) is 0 Å². The van der Waals surface area contributed by atoms with Crippen LogP contribution in [0, 0.1) is 29.6 Å². The molecule has 24 nitrogen and oxygen atoms in total. The molecule has 3 saturated heterocycles. The number of ether oxygens (including phenoxy) is 4. The summed E-state index contributed by atoms with van der Waals surface area (Å²) in [6.45, 7) is -1.18. The van der Waals surface area contributed by atoms with Crippen LogP contribution in [0.1, 0.15) is 79.7 Å². The number of hydrogen-bond acceptors (Lipinski definition) is 22. The van der Waals surface area contributed by atoms with Gasteiger partial charge in [0.1, 0.15) is 46.0 Å². The monoisotopic (exact) mass is 1120 g/mol. The minimum absolute atomic E-state index is 0.0453. The van der Waals surface area contributed by atoms with E-state index in [0.717, 1.165) is 43.4 Å². The van der Waals surface area contributed by atoms with Crippen LogP contribution in [0.2, 0.25) is 0 Å². The number of aliphatic carboxylic acids is 1. The molecule has 6 bridgehead atoms. The number of aliphatic hydroxyl groups is 9. The highest BCUT2D eigenvalue weighted by molar-refractivity contribution is 5.90. The quantitative estimate of drug-likeness (QED) is 0.0342. The highest BCUT2D eigenvalue weighted by Crippen LogP contribution is 2.58. The van der Waals surface area contributed by atoms with Gasteiger partial charge < -0.3 is 100 Å². The number of carbonyl (C=O) groups is 2. The molecule has 426 valence electrons. The van der Waals surface area contributed by atoms with Crippen molar-refractivity contribution in [2.24, 2.45) is 5.92 Å². The van der Waals surface area contributed by atoms with Crippen molar-refractivity contribution in [3.63, 3.8) is 0 Å². The van der Waals surface area contributed by atoms with E-state index in [1.165, 1.54) is 18.2 Å². The Morgan fingerprint density at radius 1 is 0.877 bits per heavy atom. The molecular formula is C57H57N3O21. The lowest BCUT2D eigenvalue weighted by atomic mass is 9.67. The second-order valence-electron chi connectivity index (χ2n) is 22.0. The first-order chi connectivity index (χ1) is 38.6. The molecule has 2 aromatic heterocycles. The van der Waals surface area contributed by atoms with Crippen LogP contribution in [0.5, 0.6) is 23.0 Å². The Morgan fingerprint density at radius 2 is 1.68 bits per heavy atom. The Hall–Kier alpha value is -7.27. The fraction of sp³-hybridized carbons (Fsp3) is 0.456. The summed E-state index contributed by atoms with van der Waals surface area (Å²) >= 11 is 0. The number of esters is 1. The van der Waals surface area contributed by atoms with Crippen molar-refractivity contribution >= 4 is 22.9 Å². The number of phenolic OH excluding ortho intramolecular Hbond substituents is 3. The Balaban J connectivity index is 1.13. The second kappa shape index (κ2) is 19.2. The van der Waals surface area contributed by atoms with Crippen molar-refractivity contribution in [1.29, 1.82) is 0 Å². The van der Waals surface area contributed by atoms with Gasteiger partial charge in [0.05, 0.1) is 12.6 Å². The van der Waals surface area contributed by atoms with Gasteiger partial charge in [-0.3, -0.25) is 10.1 Å². The Bertz CT molecular complexity index is 3620. The van der Waals surface area contributed by atoms with E-state index in [9.17, 15) is 76.0 Å². The normalized spacial score (nSPS) is 35.2. The SMILES string of the molecule is O=C(O)C12C#CCC3(OC45Oc6cc7oc(-c8cc(O)c(O)c(CCO)c8)cc(=O)c7c(O)c6C(C6=CNC7NC8CCCC(C8)C7=C6)C=C4Cc4[nH]ccc4C#CCC3(O)C(O)C5O)C(=O)OC(CCCO)(O1)C(O)C(O)C2(O)O. The van der Waals surface area contributed by atoms with Gasteiger partial charge in [-0.1, -0.05) is 36.3 Å². The van der Waals surface area contributed by atoms with Gasteiger partial charge in [0, 0.05) is 102 Å².